The highest BCUT2D eigenvalue weighted by Crippen LogP contribution is 1.68. The fraction of sp³-hybridized carbons (Fsp3) is 1.00. The van der Waals surface area contributed by atoms with Crippen molar-refractivity contribution in [3.8, 4) is 0 Å². The molecule has 0 aromatic rings. The molecule has 1 saturated heterocycles. The molecule has 1 fully saturated rings. The summed E-state index contributed by atoms with van der Waals surface area (Å²) in [6.07, 6.45) is 0. The Morgan fingerprint density at radius 2 is 2.17 bits per heavy atom. The predicted molar refractivity (Wildman–Crippen MR) is 26.3 cm³/mol. The first kappa shape index (κ1) is 4.41. The molecule has 0 aliphatic carbocycles. The van der Waals surface area contributed by atoms with Crippen LogP contribution in [0.5, 0.6) is 0 Å². The van der Waals surface area contributed by atoms with Gasteiger partial charge in [-0.15, -0.1) is 11.6 Å². The molecule has 1 nitrogen and oxygen atoms in total. The van der Waals surface area contributed by atoms with Crippen LogP contribution in [0.15, 0.2) is 0 Å². The summed E-state index contributed by atoms with van der Waals surface area (Å²) in [6.45, 7) is 3.88. The summed E-state index contributed by atoms with van der Waals surface area (Å²) in [5.41, 5.74) is 0. The molecule has 2 heteroatoms. The van der Waals surface area contributed by atoms with Crippen molar-refractivity contribution < 1.29 is 4.90 Å². The molecular formula is C4H9ClN+. The Labute approximate surface area is 42.9 Å². The second kappa shape index (κ2) is 1.80. The lowest BCUT2D eigenvalue weighted by Crippen LogP contribution is -2.92. The van der Waals surface area contributed by atoms with Crippen LogP contribution in [0, 0.1) is 0 Å². The summed E-state index contributed by atoms with van der Waals surface area (Å²) in [7, 11) is 0. The third-order valence-electron chi connectivity index (χ3n) is 1.05. The van der Waals surface area contributed by atoms with Crippen molar-refractivity contribution in [3.05, 3.63) is 0 Å². The van der Waals surface area contributed by atoms with Crippen molar-refractivity contribution in [2.75, 3.05) is 25.5 Å². The normalized spacial score (nSPS) is 21.5. The lowest BCUT2D eigenvalue weighted by Gasteiger charge is -1.84. The van der Waals surface area contributed by atoms with Crippen molar-refractivity contribution >= 4 is 11.6 Å². The molecule has 1 aliphatic rings. The summed E-state index contributed by atoms with van der Waals surface area (Å²) in [5.74, 6) is 0.829. The molecule has 6 heavy (non-hydrogen) atoms. The van der Waals surface area contributed by atoms with Gasteiger partial charge in [0.05, 0.1) is 12.4 Å². The van der Waals surface area contributed by atoms with Crippen LogP contribution in [0.2, 0.25) is 0 Å². The van der Waals surface area contributed by atoms with Crippen LogP contribution >= 0.6 is 11.6 Å². The molecular weight excluding hydrogens is 97.5 g/mol. The van der Waals surface area contributed by atoms with Crippen molar-refractivity contribution in [1.82, 2.24) is 0 Å². The Bertz CT molecular complexity index is 42.8. The van der Waals surface area contributed by atoms with Gasteiger partial charge in [0.25, 0.3) is 0 Å². The lowest BCUT2D eigenvalue weighted by atomic mass is 10.8. The monoisotopic (exact) mass is 106 g/mol. The summed E-state index contributed by atoms with van der Waals surface area (Å²) in [4.78, 5) is 1.66. The first-order valence-corrected chi connectivity index (χ1v) is 2.86. The number of hydrogen-bond acceptors (Lipinski definition) is 0. The molecule has 0 atom stereocenters. The molecule has 36 valence electrons. The third-order valence-corrected chi connectivity index (χ3v) is 1.24. The summed E-state index contributed by atoms with van der Waals surface area (Å²) >= 11 is 5.42. The van der Waals surface area contributed by atoms with Crippen molar-refractivity contribution in [1.29, 1.82) is 0 Å². The Kier molecular flexibility index (Phi) is 1.33. The van der Waals surface area contributed by atoms with Crippen LogP contribution in [0.1, 0.15) is 0 Å². The predicted octanol–water partition coefficient (Wildman–Crippen LogP) is -0.876. The van der Waals surface area contributed by atoms with Gasteiger partial charge < -0.3 is 4.90 Å². The van der Waals surface area contributed by atoms with Gasteiger partial charge in [0.1, 0.15) is 13.1 Å². The van der Waals surface area contributed by atoms with Crippen LogP contribution < -0.4 is 4.90 Å². The van der Waals surface area contributed by atoms with Crippen LogP contribution in [-0.4, -0.2) is 25.5 Å². The smallest absolute Gasteiger partial charge is 0.127 e. The molecule has 0 amide bonds. The molecule has 1 N–H and O–H groups in total. The van der Waals surface area contributed by atoms with Gasteiger partial charge in [0.2, 0.25) is 0 Å². The number of hydrogen-bond donors (Lipinski definition) is 1. The van der Waals surface area contributed by atoms with Crippen molar-refractivity contribution in [2.24, 2.45) is 0 Å². The van der Waals surface area contributed by atoms with E-state index in [1.54, 1.807) is 4.90 Å². The van der Waals surface area contributed by atoms with Crippen LogP contribution in [-0.2, 0) is 0 Å². The van der Waals surface area contributed by atoms with E-state index in [2.05, 4.69) is 0 Å². The van der Waals surface area contributed by atoms with Gasteiger partial charge in [-0.25, -0.2) is 0 Å². The van der Waals surface area contributed by atoms with Gasteiger partial charge in [-0.1, -0.05) is 0 Å². The largest absolute Gasteiger partial charge is 0.325 e. The first-order chi connectivity index (χ1) is 2.93. The average molecular weight is 107 g/mol. The molecule has 0 unspecified atom stereocenters. The third kappa shape index (κ3) is 1.15. The fourth-order valence-electron chi connectivity index (χ4n) is 0.472. The Morgan fingerprint density at radius 3 is 2.33 bits per heavy atom. The summed E-state index contributed by atoms with van der Waals surface area (Å²) in [6, 6.07) is 0. The van der Waals surface area contributed by atoms with E-state index < -0.39 is 0 Å². The SMILES string of the molecule is ClCC[NH+]1CC1. The topological polar surface area (TPSA) is 4.44 Å². The summed E-state index contributed by atoms with van der Waals surface area (Å²) < 4.78 is 0. The Morgan fingerprint density at radius 1 is 1.50 bits per heavy atom. The van der Waals surface area contributed by atoms with E-state index in [-0.39, 0.29) is 0 Å². The van der Waals surface area contributed by atoms with Crippen LogP contribution in [0.25, 0.3) is 0 Å². The number of nitrogens with one attached hydrogen (secondary N) is 1. The number of rotatable bonds is 2. The zero-order valence-electron chi connectivity index (χ0n) is 3.71. The summed E-state index contributed by atoms with van der Waals surface area (Å²) in [5, 5.41) is 0. The van der Waals surface area contributed by atoms with E-state index in [9.17, 15) is 0 Å². The van der Waals surface area contributed by atoms with E-state index in [1.807, 2.05) is 0 Å². The van der Waals surface area contributed by atoms with E-state index in [4.69, 9.17) is 11.6 Å². The van der Waals surface area contributed by atoms with Crippen molar-refractivity contribution in [3.63, 3.8) is 0 Å². The zero-order chi connectivity index (χ0) is 4.41. The molecule has 1 aliphatic heterocycles. The van der Waals surface area contributed by atoms with Gasteiger partial charge in [-0.2, -0.15) is 0 Å². The quantitative estimate of drug-likeness (QED) is 0.345. The molecule has 0 radical (unpaired) electrons. The molecule has 1 heterocycles. The van der Waals surface area contributed by atoms with Crippen molar-refractivity contribution in [2.45, 2.75) is 0 Å². The molecule has 0 bridgehead atoms. The van der Waals surface area contributed by atoms with E-state index in [1.165, 1.54) is 19.6 Å². The first-order valence-electron chi connectivity index (χ1n) is 2.33. The highest BCUT2D eigenvalue weighted by atomic mass is 35.5. The second-order valence-corrected chi connectivity index (χ2v) is 2.07. The number of alkyl halides is 1. The van der Waals surface area contributed by atoms with Gasteiger partial charge >= 0.3 is 0 Å². The Balaban J connectivity index is 1.88. The van der Waals surface area contributed by atoms with Crippen LogP contribution in [0.4, 0.5) is 0 Å². The molecule has 0 saturated carbocycles. The molecule has 1 rings (SSSR count). The maximum atomic E-state index is 5.42. The van der Waals surface area contributed by atoms with Gasteiger partial charge in [0.15, 0.2) is 0 Å². The minimum absolute atomic E-state index is 0.829. The molecule has 0 aromatic heterocycles. The van der Waals surface area contributed by atoms with E-state index in [0.717, 1.165) is 5.88 Å². The minimum atomic E-state index is 0.829. The number of halogens is 1. The minimum Gasteiger partial charge on any atom is -0.325 e. The maximum absolute atomic E-state index is 5.42. The van der Waals surface area contributed by atoms with Gasteiger partial charge in [-0.3, -0.25) is 0 Å². The van der Waals surface area contributed by atoms with Gasteiger partial charge in [-0.05, 0) is 0 Å². The fourth-order valence-corrected chi connectivity index (χ4v) is 0.739. The second-order valence-electron chi connectivity index (χ2n) is 1.69. The highest BCUT2D eigenvalue weighted by molar-refractivity contribution is 6.17. The standard InChI is InChI=1S/C4H8ClN/c5-1-2-6-3-4-6/h1-4H2/p+1. The maximum Gasteiger partial charge on any atom is 0.127 e. The zero-order valence-corrected chi connectivity index (χ0v) is 4.46. The molecule has 0 spiro atoms. The van der Waals surface area contributed by atoms with Gasteiger partial charge in [0, 0.05) is 0 Å². The Hall–Kier alpha value is 0.250. The van der Waals surface area contributed by atoms with E-state index >= 15 is 0 Å². The number of quaternary nitrogens is 1. The molecule has 0 aromatic carbocycles. The van der Waals surface area contributed by atoms with Crippen LogP contribution in [0.3, 0.4) is 0 Å². The van der Waals surface area contributed by atoms with E-state index in [0.29, 0.717) is 0 Å². The highest BCUT2D eigenvalue weighted by Gasteiger charge is 2.20. The average Bonchev–Trinajstić information content (AvgIpc) is 2.21. The lowest BCUT2D eigenvalue weighted by molar-refractivity contribution is -0.755.